The van der Waals surface area contributed by atoms with Crippen molar-refractivity contribution in [3.8, 4) is 28.4 Å². The Labute approximate surface area is 249 Å². The molecule has 1 aromatic heterocycles. The van der Waals surface area contributed by atoms with Crippen LogP contribution >= 0.6 is 0 Å². The Bertz CT molecular complexity index is 1730. The van der Waals surface area contributed by atoms with Gasteiger partial charge in [0.2, 0.25) is 23.0 Å². The molecule has 0 fully saturated rings. The standard InChI is InChI=1S/C32H35N5O6/c1-18(38)36-23-10-7-19-14-28(41-2)31(42-3)32(43-4)30(19)21-9-12-25(27(39)16-22(21)23)33-13-5-6-29(40)37-20-8-11-24-26(15-20)35-17-34-24/h8-9,11-12,14-17,23H,5-7,10,13H2,1-4H3,(H,33,39)(H,34,35)(H,36,38)(H,37,40). The number of aromatic nitrogens is 2. The molecule has 1 aliphatic rings. The first-order chi connectivity index (χ1) is 20.8. The molecule has 224 valence electrons. The Morgan fingerprint density at radius 2 is 1.84 bits per heavy atom. The van der Waals surface area contributed by atoms with Gasteiger partial charge in [-0.3, -0.25) is 14.4 Å². The summed E-state index contributed by atoms with van der Waals surface area (Å²) in [4.78, 5) is 45.3. The van der Waals surface area contributed by atoms with Gasteiger partial charge in [0.05, 0.1) is 50.4 Å². The number of anilines is 2. The number of imidazole rings is 1. The molecule has 4 aromatic rings. The monoisotopic (exact) mass is 585 g/mol. The van der Waals surface area contributed by atoms with Crippen molar-refractivity contribution in [3.63, 3.8) is 0 Å². The average molecular weight is 586 g/mol. The minimum Gasteiger partial charge on any atom is -0.493 e. The van der Waals surface area contributed by atoms with Crippen LogP contribution in [0.25, 0.3) is 22.2 Å². The molecule has 43 heavy (non-hydrogen) atoms. The van der Waals surface area contributed by atoms with Gasteiger partial charge >= 0.3 is 0 Å². The van der Waals surface area contributed by atoms with E-state index in [0.717, 1.165) is 27.7 Å². The molecule has 5 rings (SSSR count). The highest BCUT2D eigenvalue weighted by Crippen LogP contribution is 2.50. The Morgan fingerprint density at radius 3 is 2.58 bits per heavy atom. The molecule has 1 atom stereocenters. The molecule has 1 unspecified atom stereocenters. The van der Waals surface area contributed by atoms with Gasteiger partial charge in [-0.1, -0.05) is 6.07 Å². The van der Waals surface area contributed by atoms with E-state index in [2.05, 4.69) is 25.9 Å². The van der Waals surface area contributed by atoms with Crippen molar-refractivity contribution < 1.29 is 23.8 Å². The molecule has 0 aliphatic heterocycles. The predicted molar refractivity (Wildman–Crippen MR) is 165 cm³/mol. The summed E-state index contributed by atoms with van der Waals surface area (Å²) in [6.07, 6.45) is 3.59. The largest absolute Gasteiger partial charge is 0.493 e. The fourth-order valence-electron chi connectivity index (χ4n) is 5.56. The second-order valence-corrected chi connectivity index (χ2v) is 10.3. The third kappa shape index (κ3) is 6.25. The first kappa shape index (κ1) is 29.4. The van der Waals surface area contributed by atoms with Gasteiger partial charge in [-0.25, -0.2) is 4.98 Å². The zero-order valence-corrected chi connectivity index (χ0v) is 24.6. The first-order valence-corrected chi connectivity index (χ1v) is 14.1. The fraction of sp³-hybridized carbons (Fsp3) is 0.312. The zero-order chi connectivity index (χ0) is 30.5. The molecule has 0 saturated carbocycles. The number of methoxy groups -OCH3 is 3. The molecule has 1 heterocycles. The van der Waals surface area contributed by atoms with Gasteiger partial charge < -0.3 is 35.1 Å². The Hall–Kier alpha value is -5.06. The van der Waals surface area contributed by atoms with E-state index in [9.17, 15) is 14.4 Å². The maximum atomic E-state index is 13.4. The number of aryl methyl sites for hydroxylation is 1. The molecular formula is C32H35N5O6. The van der Waals surface area contributed by atoms with Crippen LogP contribution in [0.1, 0.15) is 43.4 Å². The van der Waals surface area contributed by atoms with E-state index >= 15 is 0 Å². The fourth-order valence-corrected chi connectivity index (χ4v) is 5.56. The van der Waals surface area contributed by atoms with Gasteiger partial charge in [-0.2, -0.15) is 0 Å². The molecule has 3 aromatic carbocycles. The van der Waals surface area contributed by atoms with Gasteiger partial charge in [-0.05, 0) is 72.4 Å². The average Bonchev–Trinajstić information content (AvgIpc) is 3.34. The predicted octanol–water partition coefficient (Wildman–Crippen LogP) is 4.57. The third-order valence-corrected chi connectivity index (χ3v) is 7.52. The molecular weight excluding hydrogens is 550 g/mol. The van der Waals surface area contributed by atoms with Gasteiger partial charge in [0.25, 0.3) is 0 Å². The lowest BCUT2D eigenvalue weighted by Crippen LogP contribution is -2.26. The maximum absolute atomic E-state index is 13.4. The maximum Gasteiger partial charge on any atom is 0.224 e. The van der Waals surface area contributed by atoms with Gasteiger partial charge in [0, 0.05) is 31.1 Å². The van der Waals surface area contributed by atoms with Crippen molar-refractivity contribution in [2.24, 2.45) is 0 Å². The van der Waals surface area contributed by atoms with Crippen LogP contribution in [-0.2, 0) is 16.0 Å². The SMILES string of the molecule is COc1cc2c(c(OC)c1OC)-c1ccc(NCCCC(=O)Nc3ccc4nc[nH]c4c3)c(=O)cc1C(NC(C)=O)CC2. The second kappa shape index (κ2) is 12.8. The van der Waals surface area contributed by atoms with Crippen LogP contribution in [-0.4, -0.2) is 49.7 Å². The van der Waals surface area contributed by atoms with Crippen LogP contribution in [0, 0.1) is 0 Å². The smallest absolute Gasteiger partial charge is 0.224 e. The van der Waals surface area contributed by atoms with E-state index in [1.165, 1.54) is 6.92 Å². The summed E-state index contributed by atoms with van der Waals surface area (Å²) in [6, 6.07) is 12.2. The van der Waals surface area contributed by atoms with Crippen LogP contribution in [0.5, 0.6) is 17.2 Å². The molecule has 0 saturated heterocycles. The number of carbonyl (C=O) groups excluding carboxylic acids is 2. The molecule has 0 spiro atoms. The van der Waals surface area contributed by atoms with E-state index in [0.29, 0.717) is 60.0 Å². The molecule has 11 heteroatoms. The van der Waals surface area contributed by atoms with Crippen molar-refractivity contribution in [3.05, 3.63) is 70.1 Å². The van der Waals surface area contributed by atoms with E-state index < -0.39 is 0 Å². The van der Waals surface area contributed by atoms with Gasteiger partial charge in [-0.15, -0.1) is 0 Å². The number of fused-ring (bicyclic) bond motifs is 4. The Balaban J connectivity index is 1.39. The van der Waals surface area contributed by atoms with Crippen molar-refractivity contribution in [1.29, 1.82) is 0 Å². The number of benzene rings is 2. The minimum atomic E-state index is -0.390. The summed E-state index contributed by atoms with van der Waals surface area (Å²) in [6.45, 7) is 1.88. The number of nitrogens with one attached hydrogen (secondary N) is 4. The van der Waals surface area contributed by atoms with Crippen molar-refractivity contribution in [2.75, 3.05) is 38.5 Å². The number of ether oxygens (including phenoxy) is 3. The quantitative estimate of drug-likeness (QED) is 0.198. The van der Waals surface area contributed by atoms with E-state index in [1.807, 2.05) is 30.3 Å². The highest BCUT2D eigenvalue weighted by Gasteiger charge is 2.29. The normalized spacial score (nSPS) is 13.7. The van der Waals surface area contributed by atoms with E-state index in [-0.39, 0.29) is 29.7 Å². The number of hydrogen-bond acceptors (Lipinski definition) is 8. The number of nitrogens with zero attached hydrogens (tertiary/aromatic N) is 1. The number of H-pyrrole nitrogens is 1. The molecule has 0 bridgehead atoms. The summed E-state index contributed by atoms with van der Waals surface area (Å²) in [5, 5.41) is 9.10. The second-order valence-electron chi connectivity index (χ2n) is 10.3. The molecule has 4 N–H and O–H groups in total. The Kier molecular flexibility index (Phi) is 8.79. The lowest BCUT2D eigenvalue weighted by atomic mass is 9.95. The van der Waals surface area contributed by atoms with Crippen LogP contribution in [0.2, 0.25) is 0 Å². The van der Waals surface area contributed by atoms with E-state index in [1.54, 1.807) is 39.8 Å². The molecule has 0 radical (unpaired) electrons. The summed E-state index contributed by atoms with van der Waals surface area (Å²) in [5.41, 5.74) is 5.70. The zero-order valence-electron chi connectivity index (χ0n) is 24.6. The molecule has 11 nitrogen and oxygen atoms in total. The van der Waals surface area contributed by atoms with Crippen molar-refractivity contribution in [1.82, 2.24) is 15.3 Å². The van der Waals surface area contributed by atoms with Crippen LogP contribution in [0.4, 0.5) is 11.4 Å². The van der Waals surface area contributed by atoms with Crippen molar-refractivity contribution in [2.45, 2.75) is 38.6 Å². The summed E-state index contributed by atoms with van der Waals surface area (Å²) in [5.74, 6) is 1.16. The van der Waals surface area contributed by atoms with Gasteiger partial charge in [0.1, 0.15) is 0 Å². The number of amides is 2. The summed E-state index contributed by atoms with van der Waals surface area (Å²) < 4.78 is 17.1. The van der Waals surface area contributed by atoms with Crippen LogP contribution in [0.3, 0.4) is 0 Å². The Morgan fingerprint density at radius 1 is 1.02 bits per heavy atom. The lowest BCUT2D eigenvalue weighted by Gasteiger charge is -2.19. The highest BCUT2D eigenvalue weighted by atomic mass is 16.5. The number of carbonyl (C=O) groups is 2. The third-order valence-electron chi connectivity index (χ3n) is 7.52. The summed E-state index contributed by atoms with van der Waals surface area (Å²) >= 11 is 0. The van der Waals surface area contributed by atoms with Crippen LogP contribution < -0.4 is 35.6 Å². The minimum absolute atomic E-state index is 0.125. The van der Waals surface area contributed by atoms with Gasteiger partial charge in [0.15, 0.2) is 11.5 Å². The summed E-state index contributed by atoms with van der Waals surface area (Å²) in [7, 11) is 4.68. The highest BCUT2D eigenvalue weighted by molar-refractivity contribution is 5.93. The first-order valence-electron chi connectivity index (χ1n) is 14.1. The molecule has 2 amide bonds. The van der Waals surface area contributed by atoms with E-state index in [4.69, 9.17) is 14.2 Å². The topological polar surface area (TPSA) is 144 Å². The number of rotatable bonds is 10. The number of hydrogen-bond donors (Lipinski definition) is 4. The molecule has 1 aliphatic carbocycles. The lowest BCUT2D eigenvalue weighted by molar-refractivity contribution is -0.119. The van der Waals surface area contributed by atoms with Crippen molar-refractivity contribution >= 4 is 34.2 Å². The van der Waals surface area contributed by atoms with Crippen LogP contribution in [0.15, 0.2) is 53.6 Å². The number of aromatic amines is 1.